The molecule has 0 aliphatic carbocycles. The molecule has 0 saturated carbocycles. The average molecular weight is 371 g/mol. The number of carbonyl (C=O) groups excluding carboxylic acids is 3. The van der Waals surface area contributed by atoms with E-state index in [0.29, 0.717) is 50.3 Å². The third kappa shape index (κ3) is 3.02. The molecule has 0 unspecified atom stereocenters. The Labute approximate surface area is 158 Å². The second-order valence-corrected chi connectivity index (χ2v) is 7.40. The molecule has 2 fully saturated rings. The topological polar surface area (TPSA) is 85.8 Å². The number of nitrogens with one attached hydrogen (secondary N) is 1. The van der Waals surface area contributed by atoms with Gasteiger partial charge in [-0.05, 0) is 25.5 Å². The van der Waals surface area contributed by atoms with Crippen LogP contribution in [-0.4, -0.2) is 70.9 Å². The fourth-order valence-corrected chi connectivity index (χ4v) is 4.45. The zero-order chi connectivity index (χ0) is 19.0. The summed E-state index contributed by atoms with van der Waals surface area (Å²) in [6.07, 6.45) is 4.36. The first kappa shape index (κ1) is 17.8. The molecule has 8 heteroatoms. The van der Waals surface area contributed by atoms with Crippen molar-refractivity contribution in [1.82, 2.24) is 20.1 Å². The first-order valence-electron chi connectivity index (χ1n) is 9.65. The lowest BCUT2D eigenvalue weighted by Crippen LogP contribution is -2.68. The van der Waals surface area contributed by atoms with E-state index in [4.69, 9.17) is 0 Å². The van der Waals surface area contributed by atoms with Gasteiger partial charge in [-0.15, -0.1) is 0 Å². The number of hydrogen-bond acceptors (Lipinski definition) is 5. The molecule has 3 aliphatic rings. The maximum atomic E-state index is 12.6. The van der Waals surface area contributed by atoms with Crippen LogP contribution in [-0.2, 0) is 9.59 Å². The molecule has 2 saturated heterocycles. The molecule has 3 aliphatic heterocycles. The number of anilines is 1. The van der Waals surface area contributed by atoms with Crippen molar-refractivity contribution in [2.75, 3.05) is 37.6 Å². The van der Waals surface area contributed by atoms with Crippen molar-refractivity contribution in [2.45, 2.75) is 38.3 Å². The lowest BCUT2D eigenvalue weighted by Gasteiger charge is -2.51. The van der Waals surface area contributed by atoms with Gasteiger partial charge in [0.15, 0.2) is 0 Å². The zero-order valence-electron chi connectivity index (χ0n) is 15.6. The molecule has 1 N–H and O–H groups in total. The Balaban J connectivity index is 1.47. The summed E-state index contributed by atoms with van der Waals surface area (Å²) in [6, 6.07) is 3.56. The number of amides is 3. The van der Waals surface area contributed by atoms with E-state index in [1.54, 1.807) is 23.2 Å². The minimum Gasteiger partial charge on any atom is -0.341 e. The van der Waals surface area contributed by atoms with Crippen molar-refractivity contribution >= 4 is 23.5 Å². The van der Waals surface area contributed by atoms with Crippen LogP contribution in [0.25, 0.3) is 0 Å². The Morgan fingerprint density at radius 1 is 1.26 bits per heavy atom. The number of fused-ring (bicyclic) bond motifs is 1. The Morgan fingerprint density at radius 3 is 2.70 bits per heavy atom. The molecule has 27 heavy (non-hydrogen) atoms. The van der Waals surface area contributed by atoms with E-state index < -0.39 is 5.66 Å². The fourth-order valence-electron chi connectivity index (χ4n) is 4.45. The summed E-state index contributed by atoms with van der Waals surface area (Å²) >= 11 is 0. The number of pyridine rings is 1. The number of piperidine rings is 1. The summed E-state index contributed by atoms with van der Waals surface area (Å²) < 4.78 is 0. The van der Waals surface area contributed by atoms with Crippen LogP contribution in [0.1, 0.15) is 43.0 Å². The second kappa shape index (κ2) is 6.83. The Bertz CT molecular complexity index is 772. The first-order valence-corrected chi connectivity index (χ1v) is 9.65. The minimum absolute atomic E-state index is 0.0104. The second-order valence-electron chi connectivity index (χ2n) is 7.40. The van der Waals surface area contributed by atoms with E-state index in [-0.39, 0.29) is 24.3 Å². The molecule has 1 spiro atoms. The molecule has 8 nitrogen and oxygen atoms in total. The van der Waals surface area contributed by atoms with Crippen molar-refractivity contribution in [2.24, 2.45) is 0 Å². The van der Waals surface area contributed by atoms with Crippen LogP contribution < -0.4 is 10.2 Å². The molecule has 0 atom stereocenters. The highest BCUT2D eigenvalue weighted by atomic mass is 16.2. The van der Waals surface area contributed by atoms with Gasteiger partial charge in [0.25, 0.3) is 5.91 Å². The standard InChI is InChI=1S/C19H25N5O3/c1-2-24-17-14(5-3-9-20-17)18(27)21-19(24)7-11-22(12-8-19)16(26)13-23-10-4-6-15(23)25/h3,5,9H,2,4,6-8,10-13H2,1H3,(H,21,27). The number of carbonyl (C=O) groups is 3. The molecular weight excluding hydrogens is 346 g/mol. The monoisotopic (exact) mass is 371 g/mol. The summed E-state index contributed by atoms with van der Waals surface area (Å²) in [6.45, 7) is 4.72. The van der Waals surface area contributed by atoms with Gasteiger partial charge in [-0.1, -0.05) is 0 Å². The van der Waals surface area contributed by atoms with Crippen LogP contribution in [0.3, 0.4) is 0 Å². The predicted octanol–water partition coefficient (Wildman–Crippen LogP) is 0.592. The maximum absolute atomic E-state index is 12.6. The fraction of sp³-hybridized carbons (Fsp3) is 0.579. The largest absolute Gasteiger partial charge is 0.341 e. The Morgan fingerprint density at radius 2 is 2.04 bits per heavy atom. The van der Waals surface area contributed by atoms with E-state index in [1.165, 1.54) is 0 Å². The Kier molecular flexibility index (Phi) is 4.49. The number of rotatable bonds is 3. The third-order valence-electron chi connectivity index (χ3n) is 5.91. The summed E-state index contributed by atoms with van der Waals surface area (Å²) in [4.78, 5) is 47.0. The predicted molar refractivity (Wildman–Crippen MR) is 99.1 cm³/mol. The highest BCUT2D eigenvalue weighted by Crippen LogP contribution is 2.35. The summed E-state index contributed by atoms with van der Waals surface area (Å²) in [5, 5.41) is 3.17. The normalized spacial score (nSPS) is 21.4. The molecule has 1 aromatic heterocycles. The van der Waals surface area contributed by atoms with Gasteiger partial charge in [-0.2, -0.15) is 0 Å². The highest BCUT2D eigenvalue weighted by molar-refractivity contribution is 6.01. The van der Waals surface area contributed by atoms with Crippen molar-refractivity contribution < 1.29 is 14.4 Å². The van der Waals surface area contributed by atoms with Gasteiger partial charge >= 0.3 is 0 Å². The maximum Gasteiger partial charge on any atom is 0.256 e. The van der Waals surface area contributed by atoms with E-state index in [0.717, 1.165) is 13.0 Å². The molecule has 4 heterocycles. The number of aromatic nitrogens is 1. The van der Waals surface area contributed by atoms with Crippen LogP contribution in [0.4, 0.5) is 5.82 Å². The van der Waals surface area contributed by atoms with Crippen LogP contribution in [0.15, 0.2) is 18.3 Å². The van der Waals surface area contributed by atoms with Crippen LogP contribution in [0.5, 0.6) is 0 Å². The van der Waals surface area contributed by atoms with Crippen LogP contribution in [0, 0.1) is 0 Å². The van der Waals surface area contributed by atoms with E-state index in [1.807, 2.05) is 11.8 Å². The zero-order valence-corrected chi connectivity index (χ0v) is 15.6. The summed E-state index contributed by atoms with van der Waals surface area (Å²) in [5.41, 5.74) is 0.0870. The first-order chi connectivity index (χ1) is 13.0. The van der Waals surface area contributed by atoms with Gasteiger partial charge in [-0.25, -0.2) is 4.98 Å². The molecule has 3 amide bonds. The van der Waals surface area contributed by atoms with Gasteiger partial charge in [0.05, 0.1) is 12.1 Å². The van der Waals surface area contributed by atoms with Crippen molar-refractivity contribution in [1.29, 1.82) is 0 Å². The molecule has 0 bridgehead atoms. The lowest BCUT2D eigenvalue weighted by molar-refractivity contribution is -0.139. The van der Waals surface area contributed by atoms with Gasteiger partial charge in [0.2, 0.25) is 11.8 Å². The molecule has 0 radical (unpaired) electrons. The quantitative estimate of drug-likeness (QED) is 0.841. The van der Waals surface area contributed by atoms with Gasteiger partial charge in [-0.3, -0.25) is 14.4 Å². The number of nitrogens with zero attached hydrogens (tertiary/aromatic N) is 4. The van der Waals surface area contributed by atoms with Crippen LogP contribution >= 0.6 is 0 Å². The number of likely N-dealkylation sites (tertiary alicyclic amines) is 2. The molecular formula is C19H25N5O3. The van der Waals surface area contributed by atoms with Crippen molar-refractivity contribution in [3.63, 3.8) is 0 Å². The summed E-state index contributed by atoms with van der Waals surface area (Å²) in [5.74, 6) is 0.663. The van der Waals surface area contributed by atoms with Gasteiger partial charge < -0.3 is 20.0 Å². The highest BCUT2D eigenvalue weighted by Gasteiger charge is 2.46. The molecule has 144 valence electrons. The smallest absolute Gasteiger partial charge is 0.256 e. The SMILES string of the molecule is CCN1c2ncccc2C(=O)NC12CCN(C(=O)CN1CCCC1=O)CC2. The van der Waals surface area contributed by atoms with Crippen molar-refractivity contribution in [3.8, 4) is 0 Å². The molecule has 1 aromatic rings. The van der Waals surface area contributed by atoms with E-state index in [2.05, 4.69) is 15.2 Å². The summed E-state index contributed by atoms with van der Waals surface area (Å²) in [7, 11) is 0. The molecule has 0 aromatic carbocycles. The molecule has 4 rings (SSSR count). The average Bonchev–Trinajstić information content (AvgIpc) is 3.07. The van der Waals surface area contributed by atoms with Crippen LogP contribution in [0.2, 0.25) is 0 Å². The van der Waals surface area contributed by atoms with Gasteiger partial charge in [0.1, 0.15) is 11.5 Å². The van der Waals surface area contributed by atoms with Gasteiger partial charge in [0, 0.05) is 51.6 Å². The van der Waals surface area contributed by atoms with E-state index in [9.17, 15) is 14.4 Å². The minimum atomic E-state index is -0.507. The van der Waals surface area contributed by atoms with Crippen molar-refractivity contribution in [3.05, 3.63) is 23.9 Å². The number of hydrogen-bond donors (Lipinski definition) is 1. The Hall–Kier alpha value is -2.64. The third-order valence-corrected chi connectivity index (χ3v) is 5.91. The van der Waals surface area contributed by atoms with E-state index >= 15 is 0 Å². The lowest BCUT2D eigenvalue weighted by atomic mass is 9.91.